The van der Waals surface area contributed by atoms with Crippen molar-refractivity contribution in [2.75, 3.05) is 39.3 Å². The van der Waals surface area contributed by atoms with Crippen molar-refractivity contribution < 1.29 is 0 Å². The molecule has 0 aliphatic carbocycles. The third-order valence-electron chi connectivity index (χ3n) is 4.62. The van der Waals surface area contributed by atoms with Gasteiger partial charge < -0.3 is 15.5 Å². The molecule has 0 aromatic carbocycles. The summed E-state index contributed by atoms with van der Waals surface area (Å²) in [7, 11) is 0. The highest BCUT2D eigenvalue weighted by Crippen LogP contribution is 2.16. The minimum atomic E-state index is 0. The van der Waals surface area contributed by atoms with Gasteiger partial charge in [-0.2, -0.15) is 0 Å². The Hall–Kier alpha value is -0.340. The fraction of sp³-hybridized carbons (Fsp3) is 0.737. The van der Waals surface area contributed by atoms with Crippen molar-refractivity contribution >= 4 is 41.3 Å². The summed E-state index contributed by atoms with van der Waals surface area (Å²) in [5, 5.41) is 8.92. The van der Waals surface area contributed by atoms with E-state index >= 15 is 0 Å². The molecule has 1 aromatic rings. The average molecular weight is 478 g/mol. The lowest BCUT2D eigenvalue weighted by molar-refractivity contribution is 0.190. The SMILES string of the molecule is CCNC(=NCCCCN1CCC(C)CC1)NCCc1cccs1.I. The minimum absolute atomic E-state index is 0. The van der Waals surface area contributed by atoms with E-state index in [2.05, 4.69) is 46.9 Å². The normalized spacial score (nSPS) is 16.5. The Morgan fingerprint density at radius 3 is 2.76 bits per heavy atom. The van der Waals surface area contributed by atoms with Crippen LogP contribution in [0.2, 0.25) is 0 Å². The van der Waals surface area contributed by atoms with Crippen LogP contribution in [0.15, 0.2) is 22.5 Å². The van der Waals surface area contributed by atoms with Gasteiger partial charge in [0.1, 0.15) is 0 Å². The maximum Gasteiger partial charge on any atom is 0.191 e. The Bertz CT molecular complexity index is 456. The van der Waals surface area contributed by atoms with E-state index in [4.69, 9.17) is 4.99 Å². The summed E-state index contributed by atoms with van der Waals surface area (Å²) >= 11 is 1.82. The van der Waals surface area contributed by atoms with Gasteiger partial charge in [-0.1, -0.05) is 13.0 Å². The molecule has 1 saturated heterocycles. The molecule has 4 nitrogen and oxygen atoms in total. The quantitative estimate of drug-likeness (QED) is 0.244. The molecule has 6 heteroatoms. The third kappa shape index (κ3) is 9.80. The smallest absolute Gasteiger partial charge is 0.191 e. The van der Waals surface area contributed by atoms with Gasteiger partial charge in [0.2, 0.25) is 0 Å². The number of aliphatic imine (C=N–C) groups is 1. The Morgan fingerprint density at radius 1 is 1.28 bits per heavy atom. The van der Waals surface area contributed by atoms with Crippen molar-refractivity contribution in [2.24, 2.45) is 10.9 Å². The number of piperidine rings is 1. The first-order valence-electron chi connectivity index (χ1n) is 9.55. The lowest BCUT2D eigenvalue weighted by atomic mass is 9.99. The predicted octanol–water partition coefficient (Wildman–Crippen LogP) is 3.98. The molecular weight excluding hydrogens is 443 g/mol. The number of rotatable bonds is 9. The highest BCUT2D eigenvalue weighted by atomic mass is 127. The van der Waals surface area contributed by atoms with Crippen LogP contribution in [0.25, 0.3) is 0 Å². The van der Waals surface area contributed by atoms with E-state index in [1.807, 2.05) is 11.3 Å². The van der Waals surface area contributed by atoms with E-state index in [1.54, 1.807) is 0 Å². The van der Waals surface area contributed by atoms with E-state index in [9.17, 15) is 0 Å². The van der Waals surface area contributed by atoms with Crippen LogP contribution in [0.5, 0.6) is 0 Å². The molecule has 25 heavy (non-hydrogen) atoms. The number of halogens is 1. The van der Waals surface area contributed by atoms with Crippen molar-refractivity contribution in [1.82, 2.24) is 15.5 Å². The van der Waals surface area contributed by atoms with Gasteiger partial charge in [-0.3, -0.25) is 4.99 Å². The van der Waals surface area contributed by atoms with Gasteiger partial charge in [0.15, 0.2) is 5.96 Å². The number of likely N-dealkylation sites (tertiary alicyclic amines) is 1. The fourth-order valence-electron chi connectivity index (χ4n) is 3.02. The monoisotopic (exact) mass is 478 g/mol. The summed E-state index contributed by atoms with van der Waals surface area (Å²) in [6, 6.07) is 4.31. The summed E-state index contributed by atoms with van der Waals surface area (Å²) in [5.41, 5.74) is 0. The van der Waals surface area contributed by atoms with Crippen LogP contribution in [0, 0.1) is 5.92 Å². The first kappa shape index (κ1) is 22.7. The first-order chi connectivity index (χ1) is 11.8. The van der Waals surface area contributed by atoms with Gasteiger partial charge in [-0.05, 0) is 76.0 Å². The van der Waals surface area contributed by atoms with Gasteiger partial charge in [0.25, 0.3) is 0 Å². The van der Waals surface area contributed by atoms with E-state index in [0.717, 1.165) is 37.9 Å². The van der Waals surface area contributed by atoms with Crippen molar-refractivity contribution in [2.45, 2.75) is 46.0 Å². The van der Waals surface area contributed by atoms with Crippen molar-refractivity contribution in [1.29, 1.82) is 0 Å². The van der Waals surface area contributed by atoms with Crippen LogP contribution < -0.4 is 10.6 Å². The largest absolute Gasteiger partial charge is 0.357 e. The summed E-state index contributed by atoms with van der Waals surface area (Å²) in [5.74, 6) is 1.88. The maximum absolute atomic E-state index is 4.71. The van der Waals surface area contributed by atoms with Crippen molar-refractivity contribution in [3.05, 3.63) is 22.4 Å². The topological polar surface area (TPSA) is 39.7 Å². The molecule has 0 atom stereocenters. The number of nitrogens with one attached hydrogen (secondary N) is 2. The molecule has 1 aliphatic heterocycles. The molecule has 144 valence electrons. The summed E-state index contributed by atoms with van der Waals surface area (Å²) < 4.78 is 0. The van der Waals surface area contributed by atoms with Crippen LogP contribution in [0.4, 0.5) is 0 Å². The summed E-state index contributed by atoms with van der Waals surface area (Å²) in [6.45, 7) is 11.1. The Morgan fingerprint density at radius 2 is 2.08 bits per heavy atom. The number of thiophene rings is 1. The molecule has 0 radical (unpaired) electrons. The molecule has 0 amide bonds. The number of guanidine groups is 1. The zero-order valence-electron chi connectivity index (χ0n) is 15.8. The first-order valence-corrected chi connectivity index (χ1v) is 10.4. The van der Waals surface area contributed by atoms with E-state index in [1.165, 1.54) is 50.2 Å². The van der Waals surface area contributed by atoms with Gasteiger partial charge in [0, 0.05) is 24.5 Å². The highest BCUT2D eigenvalue weighted by molar-refractivity contribution is 14.0. The maximum atomic E-state index is 4.71. The van der Waals surface area contributed by atoms with E-state index in [-0.39, 0.29) is 24.0 Å². The second-order valence-corrected chi connectivity index (χ2v) is 7.78. The summed E-state index contributed by atoms with van der Waals surface area (Å²) in [6.07, 6.45) is 6.24. The molecule has 0 bridgehead atoms. The van der Waals surface area contributed by atoms with Gasteiger partial charge in [-0.15, -0.1) is 35.3 Å². The van der Waals surface area contributed by atoms with Crippen LogP contribution in [-0.2, 0) is 6.42 Å². The lowest BCUT2D eigenvalue weighted by Crippen LogP contribution is -2.38. The van der Waals surface area contributed by atoms with Crippen molar-refractivity contribution in [3.63, 3.8) is 0 Å². The van der Waals surface area contributed by atoms with Crippen LogP contribution in [-0.4, -0.2) is 50.1 Å². The second-order valence-electron chi connectivity index (χ2n) is 6.75. The molecule has 2 N–H and O–H groups in total. The summed E-state index contributed by atoms with van der Waals surface area (Å²) in [4.78, 5) is 8.75. The molecule has 1 aliphatic rings. The molecule has 1 fully saturated rings. The lowest BCUT2D eigenvalue weighted by Gasteiger charge is -2.30. The highest BCUT2D eigenvalue weighted by Gasteiger charge is 2.14. The van der Waals surface area contributed by atoms with Crippen LogP contribution >= 0.6 is 35.3 Å². The molecule has 2 rings (SSSR count). The van der Waals surface area contributed by atoms with Crippen LogP contribution in [0.3, 0.4) is 0 Å². The Labute approximate surface area is 174 Å². The second kappa shape index (κ2) is 13.8. The van der Waals surface area contributed by atoms with Crippen LogP contribution in [0.1, 0.15) is 44.4 Å². The predicted molar refractivity (Wildman–Crippen MR) is 121 cm³/mol. The minimum Gasteiger partial charge on any atom is -0.357 e. The Balaban J connectivity index is 0.00000312. The van der Waals surface area contributed by atoms with Gasteiger partial charge in [0.05, 0.1) is 0 Å². The third-order valence-corrected chi connectivity index (χ3v) is 5.55. The molecule has 0 unspecified atom stereocenters. The molecule has 2 heterocycles. The zero-order chi connectivity index (χ0) is 17.0. The molecule has 1 aromatic heterocycles. The molecular formula is C19H35IN4S. The van der Waals surface area contributed by atoms with Gasteiger partial charge in [-0.25, -0.2) is 0 Å². The van der Waals surface area contributed by atoms with Crippen molar-refractivity contribution in [3.8, 4) is 0 Å². The molecule has 0 spiro atoms. The number of unbranched alkanes of at least 4 members (excludes halogenated alkanes) is 1. The number of hydrogen-bond donors (Lipinski definition) is 2. The van der Waals surface area contributed by atoms with E-state index < -0.39 is 0 Å². The van der Waals surface area contributed by atoms with E-state index in [0.29, 0.717) is 0 Å². The fourth-order valence-corrected chi connectivity index (χ4v) is 3.73. The zero-order valence-corrected chi connectivity index (χ0v) is 18.9. The standard InChI is InChI=1S/C19H34N4S.HI/c1-3-20-19(22-12-8-18-7-6-16-24-18)21-11-4-5-13-23-14-9-17(2)10-15-23;/h6-7,16-17H,3-5,8-15H2,1-2H3,(H2,20,21,22);1H. The Kier molecular flexibility index (Phi) is 12.5. The number of hydrogen-bond acceptors (Lipinski definition) is 3. The van der Waals surface area contributed by atoms with Gasteiger partial charge >= 0.3 is 0 Å². The number of nitrogens with zero attached hydrogens (tertiary/aromatic N) is 2. The molecule has 0 saturated carbocycles. The average Bonchev–Trinajstić information content (AvgIpc) is 3.09.